The first kappa shape index (κ1) is 18.7. The molecule has 140 valence electrons. The highest BCUT2D eigenvalue weighted by Crippen LogP contribution is 2.26. The van der Waals surface area contributed by atoms with Crippen molar-refractivity contribution in [3.8, 4) is 5.75 Å². The summed E-state index contributed by atoms with van der Waals surface area (Å²) in [5, 5.41) is 11.0. The molecule has 0 radical (unpaired) electrons. The average Bonchev–Trinajstić information content (AvgIpc) is 2.69. The third-order valence-corrected chi connectivity index (χ3v) is 5.06. The predicted molar refractivity (Wildman–Crippen MR) is 106 cm³/mol. The van der Waals surface area contributed by atoms with Crippen LogP contribution in [0.2, 0.25) is 0 Å². The number of benzene rings is 2. The van der Waals surface area contributed by atoms with Gasteiger partial charge in [0.1, 0.15) is 5.75 Å². The Morgan fingerprint density at radius 1 is 0.889 bits per heavy atom. The first-order chi connectivity index (χ1) is 13.1. The Bertz CT molecular complexity index is 977. The van der Waals surface area contributed by atoms with Crippen molar-refractivity contribution in [3.63, 3.8) is 0 Å². The first-order valence-corrected chi connectivity index (χ1v) is 9.99. The molecule has 0 aliphatic rings. The van der Waals surface area contributed by atoms with Crippen LogP contribution < -0.4 is 14.8 Å². The molecule has 3 rings (SSSR count). The Morgan fingerprint density at radius 3 is 2.26 bits per heavy atom. The number of ether oxygens (including phenoxy) is 1. The molecule has 27 heavy (non-hydrogen) atoms. The van der Waals surface area contributed by atoms with Crippen LogP contribution in [0.4, 0.5) is 17.3 Å². The minimum absolute atomic E-state index is 0.0279. The Kier molecular flexibility index (Phi) is 5.87. The van der Waals surface area contributed by atoms with Crippen LogP contribution in [0.15, 0.2) is 66.7 Å². The van der Waals surface area contributed by atoms with Gasteiger partial charge >= 0.3 is 0 Å². The molecular weight excluding hydrogens is 364 g/mol. The Balaban J connectivity index is 1.61. The molecule has 0 bridgehead atoms. The topological polar surface area (TPSA) is 93.2 Å². The Hall–Kier alpha value is -3.13. The van der Waals surface area contributed by atoms with E-state index in [2.05, 4.69) is 20.2 Å². The lowest BCUT2D eigenvalue weighted by molar-refractivity contribution is 0.417. The third-order valence-electron chi connectivity index (χ3n) is 3.80. The monoisotopic (exact) mass is 384 g/mol. The van der Waals surface area contributed by atoms with Gasteiger partial charge in [-0.15, -0.1) is 10.2 Å². The number of nitrogens with one attached hydrogen (secondary N) is 2. The van der Waals surface area contributed by atoms with Crippen molar-refractivity contribution in [1.82, 2.24) is 10.2 Å². The standard InChI is InChI=1S/C19H20N4O3S/c1-26-17-10-6-5-9-16(17)20-18-11-12-19(22-21-18)23-27(24,25)14-13-15-7-3-2-4-8-15/h2-12H,13-14H2,1H3,(H,20,21)(H,22,23). The quantitative estimate of drug-likeness (QED) is 0.619. The van der Waals surface area contributed by atoms with Crippen molar-refractivity contribution in [3.05, 3.63) is 72.3 Å². The molecule has 7 nitrogen and oxygen atoms in total. The molecule has 0 saturated heterocycles. The highest BCUT2D eigenvalue weighted by molar-refractivity contribution is 7.92. The van der Waals surface area contributed by atoms with E-state index in [-0.39, 0.29) is 11.6 Å². The number of rotatable bonds is 8. The summed E-state index contributed by atoms with van der Waals surface area (Å²) in [6.45, 7) is 0. The van der Waals surface area contributed by atoms with Gasteiger partial charge in [0.25, 0.3) is 0 Å². The van der Waals surface area contributed by atoms with Crippen molar-refractivity contribution in [2.45, 2.75) is 6.42 Å². The Morgan fingerprint density at radius 2 is 1.56 bits per heavy atom. The van der Waals surface area contributed by atoms with Crippen LogP contribution in [-0.4, -0.2) is 31.5 Å². The number of nitrogens with zero attached hydrogens (tertiary/aromatic N) is 2. The smallest absolute Gasteiger partial charge is 0.234 e. The fourth-order valence-corrected chi connectivity index (χ4v) is 3.48. The lowest BCUT2D eigenvalue weighted by Crippen LogP contribution is -2.19. The average molecular weight is 384 g/mol. The van der Waals surface area contributed by atoms with Crippen molar-refractivity contribution >= 4 is 27.3 Å². The molecule has 0 aliphatic carbocycles. The number of sulfonamides is 1. The summed E-state index contributed by atoms with van der Waals surface area (Å²) in [6, 6.07) is 20.1. The van der Waals surface area contributed by atoms with Crippen LogP contribution in [0.5, 0.6) is 5.75 Å². The predicted octanol–water partition coefficient (Wildman–Crippen LogP) is 3.21. The molecule has 0 unspecified atom stereocenters. The van der Waals surface area contributed by atoms with Crippen LogP contribution >= 0.6 is 0 Å². The van der Waals surface area contributed by atoms with E-state index in [4.69, 9.17) is 4.74 Å². The molecule has 0 amide bonds. The van der Waals surface area contributed by atoms with Gasteiger partial charge < -0.3 is 10.1 Å². The summed E-state index contributed by atoms with van der Waals surface area (Å²) < 4.78 is 32.2. The number of hydrogen-bond acceptors (Lipinski definition) is 6. The SMILES string of the molecule is COc1ccccc1Nc1ccc(NS(=O)(=O)CCc2ccccc2)nn1. The van der Waals surface area contributed by atoms with Gasteiger partial charge in [-0.3, -0.25) is 4.72 Å². The van der Waals surface area contributed by atoms with Gasteiger partial charge in [0.15, 0.2) is 11.6 Å². The zero-order valence-corrected chi connectivity index (χ0v) is 15.6. The summed E-state index contributed by atoms with van der Waals surface area (Å²) in [4.78, 5) is 0. The number of anilines is 3. The molecule has 3 aromatic rings. The highest BCUT2D eigenvalue weighted by Gasteiger charge is 2.12. The molecule has 1 aromatic heterocycles. The Labute approximate surface area is 158 Å². The largest absolute Gasteiger partial charge is 0.495 e. The lowest BCUT2D eigenvalue weighted by Gasteiger charge is -2.10. The molecule has 0 aliphatic heterocycles. The van der Waals surface area contributed by atoms with Crippen LogP contribution in [0.1, 0.15) is 5.56 Å². The molecule has 2 aromatic carbocycles. The molecule has 0 spiro atoms. The van der Waals surface area contributed by atoms with E-state index in [1.54, 1.807) is 19.2 Å². The zero-order valence-electron chi connectivity index (χ0n) is 14.8. The number of methoxy groups -OCH3 is 1. The zero-order chi connectivity index (χ0) is 19.1. The van der Waals surface area contributed by atoms with Gasteiger partial charge in [-0.25, -0.2) is 8.42 Å². The van der Waals surface area contributed by atoms with Gasteiger partial charge in [0.2, 0.25) is 10.0 Å². The molecule has 0 saturated carbocycles. The number of hydrogen-bond donors (Lipinski definition) is 2. The molecule has 8 heteroatoms. The fraction of sp³-hybridized carbons (Fsp3) is 0.158. The first-order valence-electron chi connectivity index (χ1n) is 8.34. The maximum Gasteiger partial charge on any atom is 0.234 e. The van der Waals surface area contributed by atoms with E-state index in [9.17, 15) is 8.42 Å². The van der Waals surface area contributed by atoms with Crippen LogP contribution in [0.3, 0.4) is 0 Å². The number of para-hydroxylation sites is 2. The highest BCUT2D eigenvalue weighted by atomic mass is 32.2. The van der Waals surface area contributed by atoms with Crippen LogP contribution in [0.25, 0.3) is 0 Å². The van der Waals surface area contributed by atoms with E-state index >= 15 is 0 Å². The molecule has 2 N–H and O–H groups in total. The maximum atomic E-state index is 12.2. The van der Waals surface area contributed by atoms with Crippen molar-refractivity contribution in [1.29, 1.82) is 0 Å². The molecular formula is C19H20N4O3S. The second kappa shape index (κ2) is 8.50. The molecule has 0 fully saturated rings. The van der Waals surface area contributed by atoms with Crippen LogP contribution in [-0.2, 0) is 16.4 Å². The van der Waals surface area contributed by atoms with Crippen molar-refractivity contribution < 1.29 is 13.2 Å². The van der Waals surface area contributed by atoms with Crippen molar-refractivity contribution in [2.75, 3.05) is 22.9 Å². The van der Waals surface area contributed by atoms with Gasteiger partial charge in [0, 0.05) is 0 Å². The number of aromatic nitrogens is 2. The third kappa shape index (κ3) is 5.42. The minimum Gasteiger partial charge on any atom is -0.495 e. The number of aryl methyl sites for hydroxylation is 1. The molecule has 1 heterocycles. The summed E-state index contributed by atoms with van der Waals surface area (Å²) >= 11 is 0. The normalized spacial score (nSPS) is 11.0. The van der Waals surface area contributed by atoms with E-state index in [0.29, 0.717) is 18.0 Å². The minimum atomic E-state index is -3.51. The summed E-state index contributed by atoms with van der Waals surface area (Å²) in [7, 11) is -1.93. The second-order valence-corrected chi connectivity index (χ2v) is 7.63. The van der Waals surface area contributed by atoms with E-state index in [1.807, 2.05) is 54.6 Å². The van der Waals surface area contributed by atoms with Gasteiger partial charge in [0.05, 0.1) is 18.6 Å². The van der Waals surface area contributed by atoms with Crippen LogP contribution in [0, 0.1) is 0 Å². The second-order valence-electron chi connectivity index (χ2n) is 5.79. The van der Waals surface area contributed by atoms with E-state index in [0.717, 1.165) is 11.3 Å². The molecule has 0 atom stereocenters. The van der Waals surface area contributed by atoms with Crippen molar-refractivity contribution in [2.24, 2.45) is 0 Å². The van der Waals surface area contributed by atoms with Gasteiger partial charge in [-0.2, -0.15) is 0 Å². The van der Waals surface area contributed by atoms with E-state index < -0.39 is 10.0 Å². The van der Waals surface area contributed by atoms with Gasteiger partial charge in [-0.1, -0.05) is 42.5 Å². The summed E-state index contributed by atoms with van der Waals surface area (Å²) in [5.41, 5.74) is 1.70. The van der Waals surface area contributed by atoms with Gasteiger partial charge in [-0.05, 0) is 36.2 Å². The maximum absolute atomic E-state index is 12.2. The fourth-order valence-electron chi connectivity index (χ4n) is 2.45. The lowest BCUT2D eigenvalue weighted by atomic mass is 10.2. The van der Waals surface area contributed by atoms with E-state index in [1.165, 1.54) is 0 Å². The summed E-state index contributed by atoms with van der Waals surface area (Å²) in [5.74, 6) is 1.30. The summed E-state index contributed by atoms with van der Waals surface area (Å²) in [6.07, 6.45) is 0.428.